The number of thioether (sulfide) groups is 2. The summed E-state index contributed by atoms with van der Waals surface area (Å²) in [6.07, 6.45) is 5.70. The maximum Gasteiger partial charge on any atom is 0.269 e. The Labute approximate surface area is 204 Å². The first-order chi connectivity index (χ1) is 16.1. The molecule has 2 aromatic rings. The molecule has 5 nitrogen and oxygen atoms in total. The van der Waals surface area contributed by atoms with Crippen LogP contribution in [0.3, 0.4) is 0 Å². The largest absolute Gasteiger partial charge is 0.497 e. The topological polar surface area (TPSA) is 45.1 Å². The van der Waals surface area contributed by atoms with Crippen LogP contribution >= 0.6 is 23.5 Å². The van der Waals surface area contributed by atoms with Gasteiger partial charge in [-0.2, -0.15) is 0 Å². The van der Waals surface area contributed by atoms with E-state index in [1.807, 2.05) is 42.3 Å². The monoisotopic (exact) mass is 479 g/mol. The summed E-state index contributed by atoms with van der Waals surface area (Å²) in [6, 6.07) is 16.6. The molecule has 0 radical (unpaired) electrons. The van der Waals surface area contributed by atoms with Gasteiger partial charge in [0.25, 0.3) is 5.91 Å². The van der Waals surface area contributed by atoms with Crippen molar-refractivity contribution in [2.75, 3.05) is 19.1 Å². The molecule has 2 aromatic carbocycles. The number of benzene rings is 2. The second-order valence-electron chi connectivity index (χ2n) is 8.70. The molecule has 33 heavy (non-hydrogen) atoms. The first kappa shape index (κ1) is 22.4. The van der Waals surface area contributed by atoms with Gasteiger partial charge in [0.1, 0.15) is 10.7 Å². The van der Waals surface area contributed by atoms with E-state index >= 15 is 0 Å². The van der Waals surface area contributed by atoms with E-state index in [2.05, 4.69) is 30.0 Å². The van der Waals surface area contributed by atoms with Gasteiger partial charge < -0.3 is 9.64 Å². The second kappa shape index (κ2) is 9.47. The predicted molar refractivity (Wildman–Crippen MR) is 138 cm³/mol. The van der Waals surface area contributed by atoms with Crippen molar-refractivity contribution in [3.05, 3.63) is 64.0 Å². The van der Waals surface area contributed by atoms with E-state index in [0.717, 1.165) is 49.8 Å². The summed E-state index contributed by atoms with van der Waals surface area (Å²) in [5.41, 5.74) is 2.23. The fourth-order valence-corrected chi connectivity index (χ4v) is 7.13. The molecule has 2 heterocycles. The van der Waals surface area contributed by atoms with Crippen LogP contribution in [0.15, 0.2) is 68.4 Å². The maximum absolute atomic E-state index is 13.8. The lowest BCUT2D eigenvalue weighted by Gasteiger charge is -2.30. The number of ether oxygens (including phenoxy) is 1. The number of hydrogen-bond donors (Lipinski definition) is 0. The van der Waals surface area contributed by atoms with Crippen LogP contribution in [0.1, 0.15) is 50.6 Å². The van der Waals surface area contributed by atoms with E-state index in [0.29, 0.717) is 0 Å². The van der Waals surface area contributed by atoms with E-state index in [4.69, 9.17) is 9.73 Å². The van der Waals surface area contributed by atoms with Crippen molar-refractivity contribution in [2.24, 2.45) is 4.99 Å². The van der Waals surface area contributed by atoms with Gasteiger partial charge in [-0.15, -0.1) is 0 Å². The van der Waals surface area contributed by atoms with Gasteiger partial charge in [-0.05, 0) is 49.2 Å². The molecule has 1 amide bonds. The van der Waals surface area contributed by atoms with Gasteiger partial charge in [-0.25, -0.2) is 0 Å². The van der Waals surface area contributed by atoms with Gasteiger partial charge in [-0.1, -0.05) is 61.4 Å². The summed E-state index contributed by atoms with van der Waals surface area (Å²) in [6.45, 7) is 2.11. The Morgan fingerprint density at radius 2 is 1.82 bits per heavy atom. The summed E-state index contributed by atoms with van der Waals surface area (Å²) in [4.78, 5) is 25.0. The average molecular weight is 480 g/mol. The molecule has 1 unspecified atom stereocenters. The number of amidine groups is 1. The van der Waals surface area contributed by atoms with Crippen LogP contribution in [0, 0.1) is 0 Å². The van der Waals surface area contributed by atoms with Crippen molar-refractivity contribution in [1.82, 2.24) is 4.90 Å². The number of anilines is 1. The standard InChI is InChI=1S/C26H29N3O2S2/c1-17(18-10-6-4-7-11-18)27-26-29(19-12-8-5-9-13-19)24(30)23(33-26)25-28(2)21-16-20(31-3)14-15-22(21)32-25/h4,6-7,10-11,14-17,19H,5,8-9,12-13H2,1-3H3/b25-23-,27-26?. The molecule has 1 aliphatic carbocycles. The first-order valence-corrected chi connectivity index (χ1v) is 13.2. The third kappa shape index (κ3) is 4.28. The van der Waals surface area contributed by atoms with E-state index in [9.17, 15) is 4.79 Å². The van der Waals surface area contributed by atoms with Crippen molar-refractivity contribution in [3.8, 4) is 5.75 Å². The molecule has 1 saturated heterocycles. The zero-order chi connectivity index (χ0) is 22.9. The molecule has 1 atom stereocenters. The van der Waals surface area contributed by atoms with E-state index in [1.165, 1.54) is 31.0 Å². The number of amides is 1. The Hall–Kier alpha value is -2.38. The highest BCUT2D eigenvalue weighted by molar-refractivity contribution is 8.19. The third-order valence-electron chi connectivity index (χ3n) is 6.57. The number of aliphatic imine (C=N–C) groups is 1. The predicted octanol–water partition coefficient (Wildman–Crippen LogP) is 6.43. The molecule has 7 heteroatoms. The van der Waals surface area contributed by atoms with Gasteiger partial charge >= 0.3 is 0 Å². The Morgan fingerprint density at radius 1 is 1.06 bits per heavy atom. The molecule has 0 bridgehead atoms. The third-order valence-corrected chi connectivity index (χ3v) is 8.99. The number of carbonyl (C=O) groups excluding carboxylic acids is 1. The van der Waals surface area contributed by atoms with Gasteiger partial charge in [0.2, 0.25) is 0 Å². The Bertz CT molecular complexity index is 1110. The highest BCUT2D eigenvalue weighted by atomic mass is 32.2. The fourth-order valence-electron chi connectivity index (χ4n) is 4.69. The number of nitrogens with zero attached hydrogens (tertiary/aromatic N) is 3. The summed E-state index contributed by atoms with van der Waals surface area (Å²) in [5, 5.41) is 1.82. The van der Waals surface area contributed by atoms with Crippen molar-refractivity contribution in [2.45, 2.75) is 56.0 Å². The van der Waals surface area contributed by atoms with Crippen LogP contribution in [0.25, 0.3) is 0 Å². The molecule has 2 fully saturated rings. The quantitative estimate of drug-likeness (QED) is 0.473. The van der Waals surface area contributed by atoms with Crippen LogP contribution in [0.4, 0.5) is 5.69 Å². The molecule has 0 spiro atoms. The lowest BCUT2D eigenvalue weighted by Crippen LogP contribution is -2.40. The van der Waals surface area contributed by atoms with E-state index in [-0.39, 0.29) is 18.0 Å². The molecule has 0 aromatic heterocycles. The second-order valence-corrected chi connectivity index (χ2v) is 10.7. The van der Waals surface area contributed by atoms with Crippen molar-refractivity contribution >= 4 is 40.3 Å². The molecule has 5 rings (SSSR count). The van der Waals surface area contributed by atoms with Crippen LogP contribution in [0.2, 0.25) is 0 Å². The number of fused-ring (bicyclic) bond motifs is 1. The highest BCUT2D eigenvalue weighted by Gasteiger charge is 2.42. The Morgan fingerprint density at radius 3 is 2.55 bits per heavy atom. The number of methoxy groups -OCH3 is 1. The summed E-state index contributed by atoms with van der Waals surface area (Å²) >= 11 is 3.19. The Kier molecular flexibility index (Phi) is 6.43. The Balaban J connectivity index is 1.52. The first-order valence-electron chi connectivity index (χ1n) is 11.5. The van der Waals surface area contributed by atoms with Crippen LogP contribution in [-0.4, -0.2) is 36.2 Å². The minimum absolute atomic E-state index is 0.00707. The summed E-state index contributed by atoms with van der Waals surface area (Å²) in [5.74, 6) is 0.917. The van der Waals surface area contributed by atoms with Gasteiger partial charge in [0.15, 0.2) is 5.17 Å². The lowest BCUT2D eigenvalue weighted by atomic mass is 9.94. The van der Waals surface area contributed by atoms with Gasteiger partial charge in [0.05, 0.1) is 23.9 Å². The van der Waals surface area contributed by atoms with Crippen LogP contribution < -0.4 is 9.64 Å². The molecule has 1 saturated carbocycles. The normalized spacial score (nSPS) is 23.4. The van der Waals surface area contributed by atoms with Crippen molar-refractivity contribution in [3.63, 3.8) is 0 Å². The smallest absolute Gasteiger partial charge is 0.269 e. The van der Waals surface area contributed by atoms with Gasteiger partial charge in [0, 0.05) is 24.1 Å². The maximum atomic E-state index is 13.8. The average Bonchev–Trinajstić information content (AvgIpc) is 3.35. The highest BCUT2D eigenvalue weighted by Crippen LogP contribution is 2.51. The zero-order valence-electron chi connectivity index (χ0n) is 19.3. The van der Waals surface area contributed by atoms with Crippen LogP contribution in [0.5, 0.6) is 5.75 Å². The van der Waals surface area contributed by atoms with Crippen molar-refractivity contribution < 1.29 is 9.53 Å². The molecule has 172 valence electrons. The number of rotatable bonds is 4. The van der Waals surface area contributed by atoms with Gasteiger partial charge in [-0.3, -0.25) is 14.7 Å². The SMILES string of the molecule is COc1ccc2c(c1)N(C)/C(=C1/SC(=NC(C)c3ccccc3)N(C3CCCCC3)C1=O)S2. The molecular weight excluding hydrogens is 450 g/mol. The van der Waals surface area contributed by atoms with E-state index < -0.39 is 0 Å². The number of hydrogen-bond acceptors (Lipinski definition) is 6. The van der Waals surface area contributed by atoms with Crippen LogP contribution in [-0.2, 0) is 4.79 Å². The zero-order valence-corrected chi connectivity index (χ0v) is 20.9. The van der Waals surface area contributed by atoms with E-state index in [1.54, 1.807) is 18.9 Å². The minimum Gasteiger partial charge on any atom is -0.497 e. The van der Waals surface area contributed by atoms with Crippen molar-refractivity contribution in [1.29, 1.82) is 0 Å². The minimum atomic E-state index is -0.00707. The molecule has 2 aliphatic heterocycles. The summed E-state index contributed by atoms with van der Waals surface area (Å²) < 4.78 is 5.42. The number of carbonyl (C=O) groups is 1. The molecular formula is C26H29N3O2S2. The lowest BCUT2D eigenvalue weighted by molar-refractivity contribution is -0.124. The molecule has 0 N–H and O–H groups in total. The molecule has 3 aliphatic rings. The summed E-state index contributed by atoms with van der Waals surface area (Å²) in [7, 11) is 3.71. The fraction of sp³-hybridized carbons (Fsp3) is 0.385.